The van der Waals surface area contributed by atoms with Crippen molar-refractivity contribution in [3.05, 3.63) is 41.5 Å². The summed E-state index contributed by atoms with van der Waals surface area (Å²) in [7, 11) is 0. The quantitative estimate of drug-likeness (QED) is 0.784. The fraction of sp³-hybridized carbons (Fsp3) is 0.474. The van der Waals surface area contributed by atoms with E-state index >= 15 is 0 Å². The number of likely N-dealkylation sites (tertiary alicyclic amines) is 1. The number of carbonyl (C=O) groups excluding carboxylic acids is 1. The fourth-order valence-corrected chi connectivity index (χ4v) is 3.69. The highest BCUT2D eigenvalue weighted by Gasteiger charge is 2.37. The number of carbonyl (C=O) groups is 2. The van der Waals surface area contributed by atoms with Gasteiger partial charge in [0.1, 0.15) is 6.33 Å². The Bertz CT molecular complexity index is 944. The van der Waals surface area contributed by atoms with Crippen molar-refractivity contribution in [2.75, 3.05) is 13.1 Å². The summed E-state index contributed by atoms with van der Waals surface area (Å²) in [5.74, 6) is -1.62. The zero-order valence-corrected chi connectivity index (χ0v) is 16.5. The average Bonchev–Trinajstić information content (AvgIpc) is 3.16. The standard InChI is InChI=1S/C19H22F3N5O3/c1-11-5-6-14(27-10-24-17(25-27)19(20,21)22)13(8-11)16(28)26-7-3-4-12(2)15(26)9-23-18(29)30/h5-6,8,10,12,15,23H,3-4,7,9H2,1-2H3,(H,29,30)/t12-,15-/m1/s1. The number of hydrogen-bond donors (Lipinski definition) is 2. The number of piperidine rings is 1. The summed E-state index contributed by atoms with van der Waals surface area (Å²) in [6.07, 6.45) is -3.37. The molecule has 30 heavy (non-hydrogen) atoms. The topological polar surface area (TPSA) is 100 Å². The van der Waals surface area contributed by atoms with Crippen LogP contribution in [-0.2, 0) is 6.18 Å². The number of aryl methyl sites for hydroxylation is 1. The number of nitrogens with one attached hydrogen (secondary N) is 1. The number of carboxylic acid groups (broad SMARTS) is 1. The largest absolute Gasteiger partial charge is 0.465 e. The molecule has 1 fully saturated rings. The number of alkyl halides is 3. The summed E-state index contributed by atoms with van der Waals surface area (Å²) >= 11 is 0. The fourth-order valence-electron chi connectivity index (χ4n) is 3.69. The summed E-state index contributed by atoms with van der Waals surface area (Å²) in [5, 5.41) is 14.8. The molecule has 2 aromatic rings. The Labute approximate surface area is 170 Å². The van der Waals surface area contributed by atoms with Crippen molar-refractivity contribution in [3.8, 4) is 5.69 Å². The molecule has 1 saturated heterocycles. The molecule has 1 aliphatic heterocycles. The maximum absolute atomic E-state index is 13.4. The molecule has 3 rings (SSSR count). The lowest BCUT2D eigenvalue weighted by Gasteiger charge is -2.40. The van der Waals surface area contributed by atoms with Crippen molar-refractivity contribution in [2.24, 2.45) is 5.92 Å². The van der Waals surface area contributed by atoms with Crippen LogP contribution in [-0.4, -0.2) is 55.9 Å². The molecule has 1 aromatic carbocycles. The molecular weight excluding hydrogens is 403 g/mol. The average molecular weight is 425 g/mol. The van der Waals surface area contributed by atoms with Crippen LogP contribution in [0, 0.1) is 12.8 Å². The van der Waals surface area contributed by atoms with Crippen LogP contribution in [0.3, 0.4) is 0 Å². The molecule has 2 heterocycles. The third-order valence-corrected chi connectivity index (χ3v) is 5.21. The Kier molecular flexibility index (Phi) is 5.99. The van der Waals surface area contributed by atoms with Gasteiger partial charge in [0.2, 0.25) is 0 Å². The summed E-state index contributed by atoms with van der Waals surface area (Å²) in [4.78, 5) is 29.2. The van der Waals surface area contributed by atoms with E-state index in [4.69, 9.17) is 5.11 Å². The summed E-state index contributed by atoms with van der Waals surface area (Å²) in [6.45, 7) is 4.21. The van der Waals surface area contributed by atoms with Crippen molar-refractivity contribution >= 4 is 12.0 Å². The molecule has 162 valence electrons. The number of benzene rings is 1. The second-order valence-corrected chi connectivity index (χ2v) is 7.40. The van der Waals surface area contributed by atoms with Gasteiger partial charge in [-0.3, -0.25) is 4.79 Å². The van der Waals surface area contributed by atoms with Crippen molar-refractivity contribution in [1.29, 1.82) is 0 Å². The molecule has 0 unspecified atom stereocenters. The van der Waals surface area contributed by atoms with Gasteiger partial charge in [-0.25, -0.2) is 14.5 Å². The second kappa shape index (κ2) is 8.33. The minimum Gasteiger partial charge on any atom is -0.465 e. The van der Waals surface area contributed by atoms with Crippen LogP contribution in [0.5, 0.6) is 0 Å². The van der Waals surface area contributed by atoms with E-state index in [0.29, 0.717) is 6.54 Å². The minimum absolute atomic E-state index is 0.0611. The normalized spacial score (nSPS) is 19.6. The van der Waals surface area contributed by atoms with Crippen LogP contribution in [0.4, 0.5) is 18.0 Å². The van der Waals surface area contributed by atoms with Gasteiger partial charge in [0.05, 0.1) is 17.3 Å². The van der Waals surface area contributed by atoms with Crippen LogP contribution < -0.4 is 5.32 Å². The van der Waals surface area contributed by atoms with Gasteiger partial charge >= 0.3 is 12.3 Å². The third-order valence-electron chi connectivity index (χ3n) is 5.21. The van der Waals surface area contributed by atoms with Gasteiger partial charge in [0.25, 0.3) is 11.7 Å². The molecule has 0 radical (unpaired) electrons. The summed E-state index contributed by atoms with van der Waals surface area (Å²) in [6, 6.07) is 4.42. The molecule has 2 N–H and O–H groups in total. The highest BCUT2D eigenvalue weighted by molar-refractivity contribution is 5.98. The van der Waals surface area contributed by atoms with E-state index in [1.807, 2.05) is 6.92 Å². The van der Waals surface area contributed by atoms with Crippen LogP contribution in [0.15, 0.2) is 24.5 Å². The lowest BCUT2D eigenvalue weighted by atomic mass is 9.90. The van der Waals surface area contributed by atoms with E-state index in [1.165, 1.54) is 6.07 Å². The smallest absolute Gasteiger partial charge is 0.453 e. The van der Waals surface area contributed by atoms with Gasteiger partial charge in [-0.05, 0) is 37.8 Å². The van der Waals surface area contributed by atoms with Gasteiger partial charge < -0.3 is 15.3 Å². The lowest BCUT2D eigenvalue weighted by Crippen LogP contribution is -2.53. The maximum atomic E-state index is 13.4. The van der Waals surface area contributed by atoms with E-state index in [0.717, 1.165) is 29.4 Å². The van der Waals surface area contributed by atoms with Crippen molar-refractivity contribution < 1.29 is 27.9 Å². The Morgan fingerprint density at radius 3 is 2.70 bits per heavy atom. The Morgan fingerprint density at radius 1 is 1.33 bits per heavy atom. The third kappa shape index (κ3) is 4.55. The monoisotopic (exact) mass is 425 g/mol. The molecule has 2 amide bonds. The van der Waals surface area contributed by atoms with Crippen LogP contribution in [0.2, 0.25) is 0 Å². The molecular formula is C19H22F3N5O3. The lowest BCUT2D eigenvalue weighted by molar-refractivity contribution is -0.144. The highest BCUT2D eigenvalue weighted by Crippen LogP contribution is 2.29. The van der Waals surface area contributed by atoms with Crippen molar-refractivity contribution in [3.63, 3.8) is 0 Å². The van der Waals surface area contributed by atoms with Gasteiger partial charge in [0.15, 0.2) is 0 Å². The number of aromatic nitrogens is 3. The van der Waals surface area contributed by atoms with Gasteiger partial charge in [0, 0.05) is 13.1 Å². The molecule has 0 saturated carbocycles. The second-order valence-electron chi connectivity index (χ2n) is 7.40. The first kappa shape index (κ1) is 21.6. The molecule has 0 bridgehead atoms. The first-order valence-corrected chi connectivity index (χ1v) is 9.45. The molecule has 11 heteroatoms. The first-order chi connectivity index (χ1) is 14.1. The van der Waals surface area contributed by atoms with E-state index in [1.54, 1.807) is 24.0 Å². The molecule has 1 aromatic heterocycles. The molecule has 0 spiro atoms. The van der Waals surface area contributed by atoms with Crippen LogP contribution in [0.25, 0.3) is 5.69 Å². The molecule has 0 aliphatic carbocycles. The highest BCUT2D eigenvalue weighted by atomic mass is 19.4. The van der Waals surface area contributed by atoms with Crippen LogP contribution >= 0.6 is 0 Å². The zero-order valence-electron chi connectivity index (χ0n) is 16.5. The zero-order chi connectivity index (χ0) is 22.1. The maximum Gasteiger partial charge on any atom is 0.453 e. The van der Waals surface area contributed by atoms with Crippen molar-refractivity contribution in [2.45, 2.75) is 38.9 Å². The number of amides is 2. The SMILES string of the molecule is Cc1ccc(-n2cnc(C(F)(F)F)n2)c(C(=O)N2CCC[C@@H](C)[C@H]2CNC(=O)O)c1. The van der Waals surface area contributed by atoms with E-state index in [9.17, 15) is 22.8 Å². The van der Waals surface area contributed by atoms with E-state index in [2.05, 4.69) is 15.4 Å². The molecule has 2 atom stereocenters. The Balaban J connectivity index is 1.97. The summed E-state index contributed by atoms with van der Waals surface area (Å²) in [5.41, 5.74) is 1.11. The molecule has 1 aliphatic rings. The summed E-state index contributed by atoms with van der Waals surface area (Å²) < 4.78 is 39.7. The molecule has 8 nitrogen and oxygen atoms in total. The number of hydrogen-bond acceptors (Lipinski definition) is 4. The van der Waals surface area contributed by atoms with Gasteiger partial charge in [-0.2, -0.15) is 13.2 Å². The van der Waals surface area contributed by atoms with Gasteiger partial charge in [-0.15, -0.1) is 5.10 Å². The number of halogens is 3. The Hall–Kier alpha value is -3.11. The van der Waals surface area contributed by atoms with Gasteiger partial charge in [-0.1, -0.05) is 18.6 Å². The predicted molar refractivity (Wildman–Crippen MR) is 100 cm³/mol. The van der Waals surface area contributed by atoms with E-state index < -0.39 is 18.1 Å². The van der Waals surface area contributed by atoms with Crippen LogP contribution in [0.1, 0.15) is 41.5 Å². The minimum atomic E-state index is -4.70. The number of nitrogens with zero attached hydrogens (tertiary/aromatic N) is 4. The van der Waals surface area contributed by atoms with E-state index in [-0.39, 0.29) is 35.7 Å². The number of rotatable bonds is 4. The predicted octanol–water partition coefficient (Wildman–Crippen LogP) is 3.10. The Morgan fingerprint density at radius 2 is 2.07 bits per heavy atom. The first-order valence-electron chi connectivity index (χ1n) is 9.45. The van der Waals surface area contributed by atoms with Crippen molar-refractivity contribution in [1.82, 2.24) is 25.0 Å².